The molecule has 2 unspecified atom stereocenters. The van der Waals surface area contributed by atoms with E-state index in [1.165, 1.54) is 0 Å². The lowest BCUT2D eigenvalue weighted by atomic mass is 10.0. The Balaban J connectivity index is 1.25. The van der Waals surface area contributed by atoms with Crippen LogP contribution in [0.25, 0.3) is 11.3 Å². The molecule has 3 amide bonds. The zero-order chi connectivity index (χ0) is 31.8. The van der Waals surface area contributed by atoms with E-state index in [-0.39, 0.29) is 43.1 Å². The standard InChI is InChI=1S/C32H41ClN8O4/c1-3-24(19-45-32(44)41-12-4-5-13-41)37-31-36-17-20(2)29(40-31)22-15-26(35-18-22)30(43)38-25(21-8-6-9-23(33)14-21)16-28(42)39-27-10-7-11-34-27/h6,8-9,14-15,17-18,24-25,27,34-35H,3-5,7,10-13,16,19H2,1-2H3,(H,38,43)(H,39,42)(H,36,37,40)/t24-,25?,27?/m1/s1. The van der Waals surface area contributed by atoms with Gasteiger partial charge in [-0.1, -0.05) is 30.7 Å². The lowest BCUT2D eigenvalue weighted by molar-refractivity contribution is -0.122. The lowest BCUT2D eigenvalue weighted by Gasteiger charge is -2.20. The SMILES string of the molecule is CC[C@H](COC(=O)N1CCCC1)Nc1ncc(C)c(-c2c[nH]c(C(=O)NC(CC(=O)NC3CCCN3)c3cccc(Cl)c3)c2)n1. The van der Waals surface area contributed by atoms with E-state index in [0.717, 1.165) is 56.4 Å². The van der Waals surface area contributed by atoms with Crippen molar-refractivity contribution in [3.63, 3.8) is 0 Å². The quantitative estimate of drug-likeness (QED) is 0.194. The molecule has 3 aromatic rings. The fraction of sp³-hybridized carbons (Fsp3) is 0.469. The second kappa shape index (κ2) is 15.2. The van der Waals surface area contributed by atoms with Crippen molar-refractivity contribution >= 4 is 35.5 Å². The van der Waals surface area contributed by atoms with Crippen molar-refractivity contribution in [2.75, 3.05) is 31.6 Å². The minimum Gasteiger partial charge on any atom is -0.447 e. The average Bonchev–Trinajstić information content (AvgIpc) is 3.83. The smallest absolute Gasteiger partial charge is 0.409 e. The molecule has 1 aromatic carbocycles. The molecule has 2 aromatic heterocycles. The topological polar surface area (TPSA) is 153 Å². The van der Waals surface area contributed by atoms with Crippen LogP contribution in [-0.4, -0.2) is 76.2 Å². The van der Waals surface area contributed by atoms with Crippen molar-refractivity contribution in [3.05, 3.63) is 64.6 Å². The van der Waals surface area contributed by atoms with Gasteiger partial charge in [-0.25, -0.2) is 14.8 Å². The highest BCUT2D eigenvalue weighted by Crippen LogP contribution is 2.25. The van der Waals surface area contributed by atoms with Crippen molar-refractivity contribution in [2.45, 2.75) is 70.6 Å². The van der Waals surface area contributed by atoms with E-state index in [2.05, 4.69) is 31.2 Å². The highest BCUT2D eigenvalue weighted by molar-refractivity contribution is 6.30. The summed E-state index contributed by atoms with van der Waals surface area (Å²) in [6.07, 6.45) is 7.73. The van der Waals surface area contributed by atoms with Crippen LogP contribution >= 0.6 is 11.6 Å². The van der Waals surface area contributed by atoms with Crippen molar-refractivity contribution < 1.29 is 19.1 Å². The van der Waals surface area contributed by atoms with Crippen LogP contribution in [0.15, 0.2) is 42.7 Å². The summed E-state index contributed by atoms with van der Waals surface area (Å²) >= 11 is 6.24. The van der Waals surface area contributed by atoms with Crippen molar-refractivity contribution in [2.24, 2.45) is 0 Å². The number of anilines is 1. The number of amides is 3. The van der Waals surface area contributed by atoms with Crippen molar-refractivity contribution in [3.8, 4) is 11.3 Å². The summed E-state index contributed by atoms with van der Waals surface area (Å²) in [5, 5.41) is 13.0. The Morgan fingerprint density at radius 2 is 2.00 bits per heavy atom. The fourth-order valence-electron chi connectivity index (χ4n) is 5.53. The molecule has 0 radical (unpaired) electrons. The molecule has 2 saturated heterocycles. The molecule has 2 fully saturated rings. The minimum atomic E-state index is -0.591. The molecule has 2 aliphatic rings. The Morgan fingerprint density at radius 1 is 1.18 bits per heavy atom. The summed E-state index contributed by atoms with van der Waals surface area (Å²) in [6, 6.07) is 8.11. The first-order valence-corrected chi connectivity index (χ1v) is 16.0. The molecule has 45 heavy (non-hydrogen) atoms. The Kier molecular flexibility index (Phi) is 10.9. The molecule has 3 atom stereocenters. The van der Waals surface area contributed by atoms with E-state index < -0.39 is 6.04 Å². The first-order chi connectivity index (χ1) is 21.8. The molecule has 12 nitrogen and oxygen atoms in total. The zero-order valence-electron chi connectivity index (χ0n) is 25.7. The van der Waals surface area contributed by atoms with Gasteiger partial charge in [0, 0.05) is 36.1 Å². The second-order valence-electron chi connectivity index (χ2n) is 11.5. The Bertz CT molecular complexity index is 1490. The number of nitrogens with one attached hydrogen (secondary N) is 5. The summed E-state index contributed by atoms with van der Waals surface area (Å²) < 4.78 is 5.53. The number of hydrogen-bond donors (Lipinski definition) is 5. The number of rotatable bonds is 12. The summed E-state index contributed by atoms with van der Waals surface area (Å²) in [6.45, 7) is 6.44. The van der Waals surface area contributed by atoms with Crippen LogP contribution in [-0.2, 0) is 9.53 Å². The van der Waals surface area contributed by atoms with Gasteiger partial charge in [-0.3, -0.25) is 14.9 Å². The number of aryl methyl sites for hydroxylation is 1. The van der Waals surface area contributed by atoms with E-state index >= 15 is 0 Å². The second-order valence-corrected chi connectivity index (χ2v) is 12.0. The number of nitrogens with zero attached hydrogens (tertiary/aromatic N) is 3. The van der Waals surface area contributed by atoms with Crippen LogP contribution in [0.4, 0.5) is 10.7 Å². The summed E-state index contributed by atoms with van der Waals surface area (Å²) in [4.78, 5) is 52.6. The molecule has 2 aliphatic heterocycles. The third-order valence-electron chi connectivity index (χ3n) is 8.11. The number of carbonyl (C=O) groups is 3. The largest absolute Gasteiger partial charge is 0.447 e. The summed E-state index contributed by atoms with van der Waals surface area (Å²) in [7, 11) is 0. The van der Waals surface area contributed by atoms with E-state index in [9.17, 15) is 14.4 Å². The Morgan fingerprint density at radius 3 is 2.73 bits per heavy atom. The van der Waals surface area contributed by atoms with Gasteiger partial charge in [0.1, 0.15) is 12.3 Å². The molecule has 0 bridgehead atoms. The third kappa shape index (κ3) is 8.73. The maximum Gasteiger partial charge on any atom is 0.409 e. The molecule has 240 valence electrons. The van der Waals surface area contributed by atoms with Crippen LogP contribution in [0.1, 0.15) is 73.1 Å². The van der Waals surface area contributed by atoms with E-state index in [0.29, 0.717) is 34.3 Å². The first kappa shape index (κ1) is 32.2. The number of hydrogen-bond acceptors (Lipinski definition) is 8. The molecule has 5 N–H and O–H groups in total. The summed E-state index contributed by atoms with van der Waals surface area (Å²) in [5.41, 5.74) is 3.25. The van der Waals surface area contributed by atoms with Gasteiger partial charge in [-0.2, -0.15) is 0 Å². The van der Waals surface area contributed by atoms with Crippen molar-refractivity contribution in [1.82, 2.24) is 35.8 Å². The number of H-pyrrole nitrogens is 1. The fourth-order valence-corrected chi connectivity index (χ4v) is 5.73. The number of aromatic amines is 1. The van der Waals surface area contributed by atoms with Gasteiger partial charge in [0.25, 0.3) is 5.91 Å². The van der Waals surface area contributed by atoms with Gasteiger partial charge in [0.05, 0.1) is 30.4 Å². The van der Waals surface area contributed by atoms with Gasteiger partial charge in [-0.05, 0) is 74.9 Å². The number of benzene rings is 1. The highest BCUT2D eigenvalue weighted by Gasteiger charge is 2.24. The molecule has 13 heteroatoms. The normalized spacial score (nSPS) is 17.5. The number of likely N-dealkylation sites (tertiary alicyclic amines) is 1. The number of aromatic nitrogens is 3. The number of ether oxygens (including phenoxy) is 1. The molecular weight excluding hydrogens is 596 g/mol. The molecule has 0 saturated carbocycles. The van der Waals surface area contributed by atoms with Gasteiger partial charge in [0.15, 0.2) is 0 Å². The van der Waals surface area contributed by atoms with Crippen LogP contribution in [0.2, 0.25) is 5.02 Å². The molecule has 4 heterocycles. The third-order valence-corrected chi connectivity index (χ3v) is 8.35. The maximum atomic E-state index is 13.4. The predicted octanol–water partition coefficient (Wildman–Crippen LogP) is 4.54. The predicted molar refractivity (Wildman–Crippen MR) is 172 cm³/mol. The first-order valence-electron chi connectivity index (χ1n) is 15.6. The van der Waals surface area contributed by atoms with Crippen LogP contribution in [0, 0.1) is 6.92 Å². The number of carbonyl (C=O) groups excluding carboxylic acids is 3. The average molecular weight is 637 g/mol. The molecule has 0 aliphatic carbocycles. The molecule has 0 spiro atoms. The van der Waals surface area contributed by atoms with Crippen LogP contribution in [0.3, 0.4) is 0 Å². The highest BCUT2D eigenvalue weighted by atomic mass is 35.5. The van der Waals surface area contributed by atoms with Gasteiger partial charge >= 0.3 is 6.09 Å². The lowest BCUT2D eigenvalue weighted by Crippen LogP contribution is -2.43. The van der Waals surface area contributed by atoms with E-state index in [4.69, 9.17) is 21.3 Å². The van der Waals surface area contributed by atoms with Crippen molar-refractivity contribution in [1.29, 1.82) is 0 Å². The van der Waals surface area contributed by atoms with Crippen LogP contribution < -0.4 is 21.3 Å². The zero-order valence-corrected chi connectivity index (χ0v) is 26.5. The van der Waals surface area contributed by atoms with Gasteiger partial charge in [-0.15, -0.1) is 0 Å². The Hall–Kier alpha value is -4.16. The maximum absolute atomic E-state index is 13.4. The Labute approximate surface area is 268 Å². The van der Waals surface area contributed by atoms with Gasteiger partial charge < -0.3 is 30.6 Å². The van der Waals surface area contributed by atoms with Gasteiger partial charge in [0.2, 0.25) is 11.9 Å². The van der Waals surface area contributed by atoms with Crippen LogP contribution in [0.5, 0.6) is 0 Å². The monoisotopic (exact) mass is 636 g/mol. The van der Waals surface area contributed by atoms with E-state index in [1.54, 1.807) is 41.6 Å². The molecular formula is C32H41ClN8O4. The summed E-state index contributed by atoms with van der Waals surface area (Å²) in [5.74, 6) is -0.135. The minimum absolute atomic E-state index is 0.0593. The number of halogens is 1. The van der Waals surface area contributed by atoms with E-state index in [1.807, 2.05) is 19.9 Å². The molecule has 5 rings (SSSR count).